The molecule has 1 N–H and O–H groups in total. The number of nitrogens with one attached hydrogen (secondary N) is 1. The minimum atomic E-state index is -0.269. The monoisotopic (exact) mass is 323 g/mol. The van der Waals surface area contributed by atoms with Crippen LogP contribution in [0.5, 0.6) is 5.75 Å². The molecule has 3 nitrogen and oxygen atoms in total. The van der Waals surface area contributed by atoms with Gasteiger partial charge in [-0.25, -0.2) is 0 Å². The van der Waals surface area contributed by atoms with E-state index in [2.05, 4.69) is 5.32 Å². The largest absolute Gasteiger partial charge is 0.492 e. The minimum absolute atomic E-state index is 0.260. The van der Waals surface area contributed by atoms with Crippen molar-refractivity contribution in [1.82, 2.24) is 5.32 Å². The van der Waals surface area contributed by atoms with E-state index < -0.39 is 0 Å². The molecule has 0 aromatic heterocycles. The molecule has 0 aliphatic heterocycles. The molecule has 2 rings (SSSR count). The first-order valence-corrected chi connectivity index (χ1v) is 7.25. The Morgan fingerprint density at radius 1 is 1.14 bits per heavy atom. The first kappa shape index (κ1) is 15.7. The van der Waals surface area contributed by atoms with Crippen LogP contribution in [-0.2, 0) is 0 Å². The van der Waals surface area contributed by atoms with Gasteiger partial charge in [0.05, 0.1) is 22.2 Å². The van der Waals surface area contributed by atoms with Crippen LogP contribution in [0.1, 0.15) is 15.9 Å². The van der Waals surface area contributed by atoms with E-state index in [1.807, 2.05) is 31.2 Å². The summed E-state index contributed by atoms with van der Waals surface area (Å²) in [5, 5.41) is 3.36. The lowest BCUT2D eigenvalue weighted by Gasteiger charge is -2.09. The fourth-order valence-corrected chi connectivity index (χ4v) is 2.13. The highest BCUT2D eigenvalue weighted by Gasteiger charge is 2.11. The Morgan fingerprint density at radius 2 is 1.86 bits per heavy atom. The van der Waals surface area contributed by atoms with Crippen LogP contribution in [0.3, 0.4) is 0 Å². The number of hydrogen-bond acceptors (Lipinski definition) is 2. The van der Waals surface area contributed by atoms with Gasteiger partial charge in [-0.05, 0) is 31.2 Å². The first-order valence-electron chi connectivity index (χ1n) is 6.49. The van der Waals surface area contributed by atoms with Crippen LogP contribution in [-0.4, -0.2) is 19.1 Å². The van der Waals surface area contributed by atoms with E-state index in [1.165, 1.54) is 5.56 Å². The molecule has 21 heavy (non-hydrogen) atoms. The van der Waals surface area contributed by atoms with Gasteiger partial charge in [0.2, 0.25) is 0 Å². The van der Waals surface area contributed by atoms with Gasteiger partial charge in [0.15, 0.2) is 0 Å². The summed E-state index contributed by atoms with van der Waals surface area (Å²) in [5.41, 5.74) is 1.53. The molecule has 110 valence electrons. The molecule has 0 saturated heterocycles. The van der Waals surface area contributed by atoms with E-state index in [1.54, 1.807) is 18.2 Å². The highest BCUT2D eigenvalue weighted by atomic mass is 35.5. The fraction of sp³-hybridized carbons (Fsp3) is 0.188. The first-order chi connectivity index (χ1) is 10.1. The molecule has 0 heterocycles. The van der Waals surface area contributed by atoms with Crippen molar-refractivity contribution in [2.24, 2.45) is 0 Å². The molecule has 0 bridgehead atoms. The van der Waals surface area contributed by atoms with Crippen molar-refractivity contribution in [3.63, 3.8) is 0 Å². The number of amides is 1. The zero-order chi connectivity index (χ0) is 15.2. The maximum atomic E-state index is 12.0. The van der Waals surface area contributed by atoms with Crippen LogP contribution in [0, 0.1) is 6.92 Å². The summed E-state index contributed by atoms with van der Waals surface area (Å²) < 4.78 is 5.53. The van der Waals surface area contributed by atoms with Gasteiger partial charge < -0.3 is 10.1 Å². The molecular weight excluding hydrogens is 309 g/mol. The van der Waals surface area contributed by atoms with Gasteiger partial charge in [0, 0.05) is 0 Å². The summed E-state index contributed by atoms with van der Waals surface area (Å²) in [6, 6.07) is 12.7. The standard InChI is InChI=1S/C16H15Cl2NO2/c1-11-5-7-12(8-6-11)21-10-9-19-16(20)13-3-2-4-14(17)15(13)18/h2-8H,9-10H2,1H3,(H,19,20). The number of hydrogen-bond donors (Lipinski definition) is 1. The van der Waals surface area contributed by atoms with Gasteiger partial charge in [0.1, 0.15) is 12.4 Å². The lowest BCUT2D eigenvalue weighted by molar-refractivity contribution is 0.0947. The molecule has 5 heteroatoms. The lowest BCUT2D eigenvalue weighted by Crippen LogP contribution is -2.28. The van der Waals surface area contributed by atoms with Crippen molar-refractivity contribution in [2.45, 2.75) is 6.92 Å². The summed E-state index contributed by atoms with van der Waals surface area (Å²) in [7, 11) is 0. The number of carbonyl (C=O) groups is 1. The van der Waals surface area contributed by atoms with Gasteiger partial charge in [-0.3, -0.25) is 4.79 Å². The number of aryl methyl sites for hydroxylation is 1. The van der Waals surface area contributed by atoms with E-state index in [0.717, 1.165) is 5.75 Å². The van der Waals surface area contributed by atoms with E-state index >= 15 is 0 Å². The Balaban J connectivity index is 1.82. The second kappa shape index (κ2) is 7.34. The molecule has 0 unspecified atom stereocenters. The second-order valence-corrected chi connectivity index (χ2v) is 5.30. The second-order valence-electron chi connectivity index (χ2n) is 4.52. The third kappa shape index (κ3) is 4.38. The Bertz CT molecular complexity index is 627. The van der Waals surface area contributed by atoms with E-state index in [4.69, 9.17) is 27.9 Å². The number of benzene rings is 2. The van der Waals surface area contributed by atoms with Gasteiger partial charge in [-0.15, -0.1) is 0 Å². The van der Waals surface area contributed by atoms with Crippen LogP contribution >= 0.6 is 23.2 Å². The Hall–Kier alpha value is -1.71. The smallest absolute Gasteiger partial charge is 0.252 e. The maximum Gasteiger partial charge on any atom is 0.252 e. The Kier molecular flexibility index (Phi) is 5.48. The quantitative estimate of drug-likeness (QED) is 0.841. The molecular formula is C16H15Cl2NO2. The number of halogens is 2. The van der Waals surface area contributed by atoms with Gasteiger partial charge >= 0.3 is 0 Å². The normalized spacial score (nSPS) is 10.2. The van der Waals surface area contributed by atoms with Crippen LogP contribution in [0.4, 0.5) is 0 Å². The van der Waals surface area contributed by atoms with Crippen LogP contribution in [0.15, 0.2) is 42.5 Å². The van der Waals surface area contributed by atoms with Crippen LogP contribution in [0.25, 0.3) is 0 Å². The van der Waals surface area contributed by atoms with Gasteiger partial charge in [-0.2, -0.15) is 0 Å². The summed E-state index contributed by atoms with van der Waals surface area (Å²) in [6.45, 7) is 2.78. The van der Waals surface area contributed by atoms with Crippen LogP contribution in [0.2, 0.25) is 10.0 Å². The van der Waals surface area contributed by atoms with E-state index in [-0.39, 0.29) is 10.9 Å². The molecule has 0 atom stereocenters. The third-order valence-corrected chi connectivity index (χ3v) is 3.69. The SMILES string of the molecule is Cc1ccc(OCCNC(=O)c2cccc(Cl)c2Cl)cc1. The van der Waals surface area contributed by atoms with Crippen LogP contribution < -0.4 is 10.1 Å². The van der Waals surface area contributed by atoms with Crippen molar-refractivity contribution < 1.29 is 9.53 Å². The lowest BCUT2D eigenvalue weighted by atomic mass is 10.2. The zero-order valence-corrected chi connectivity index (χ0v) is 13.0. The molecule has 2 aromatic rings. The summed E-state index contributed by atoms with van der Waals surface area (Å²) in [6.07, 6.45) is 0. The van der Waals surface area contributed by atoms with E-state index in [9.17, 15) is 4.79 Å². The van der Waals surface area contributed by atoms with Crippen molar-refractivity contribution in [1.29, 1.82) is 0 Å². The fourth-order valence-electron chi connectivity index (χ4n) is 1.74. The number of ether oxygens (including phenoxy) is 1. The highest BCUT2D eigenvalue weighted by molar-refractivity contribution is 6.43. The maximum absolute atomic E-state index is 12.0. The van der Waals surface area contributed by atoms with Crippen molar-refractivity contribution in [3.05, 3.63) is 63.6 Å². The molecule has 0 spiro atoms. The molecule has 0 saturated carbocycles. The predicted molar refractivity (Wildman–Crippen MR) is 85.5 cm³/mol. The van der Waals surface area contributed by atoms with E-state index in [0.29, 0.717) is 23.7 Å². The van der Waals surface area contributed by atoms with Crippen molar-refractivity contribution in [3.8, 4) is 5.75 Å². The summed E-state index contributed by atoms with van der Waals surface area (Å²) in [4.78, 5) is 12.0. The molecule has 2 aromatic carbocycles. The predicted octanol–water partition coefficient (Wildman–Crippen LogP) is 4.11. The minimum Gasteiger partial charge on any atom is -0.492 e. The van der Waals surface area contributed by atoms with Crippen molar-refractivity contribution >= 4 is 29.1 Å². The summed E-state index contributed by atoms with van der Waals surface area (Å²) in [5.74, 6) is 0.505. The Morgan fingerprint density at radius 3 is 2.57 bits per heavy atom. The average Bonchev–Trinajstić information content (AvgIpc) is 2.48. The molecule has 0 aliphatic carbocycles. The summed E-state index contributed by atoms with van der Waals surface area (Å²) >= 11 is 11.9. The molecule has 1 amide bonds. The molecule has 0 radical (unpaired) electrons. The van der Waals surface area contributed by atoms with Crippen molar-refractivity contribution in [2.75, 3.05) is 13.2 Å². The zero-order valence-electron chi connectivity index (χ0n) is 11.5. The molecule has 0 aliphatic rings. The Labute approximate surface area is 133 Å². The van der Waals surface area contributed by atoms with Gasteiger partial charge in [-0.1, -0.05) is 47.0 Å². The van der Waals surface area contributed by atoms with Gasteiger partial charge in [0.25, 0.3) is 5.91 Å². The highest BCUT2D eigenvalue weighted by Crippen LogP contribution is 2.25. The number of rotatable bonds is 5. The average molecular weight is 324 g/mol. The third-order valence-electron chi connectivity index (χ3n) is 2.87. The molecule has 0 fully saturated rings. The topological polar surface area (TPSA) is 38.3 Å². The number of carbonyl (C=O) groups excluding carboxylic acids is 1.